The van der Waals surface area contributed by atoms with Crippen molar-refractivity contribution in [2.24, 2.45) is 7.05 Å². The van der Waals surface area contributed by atoms with Crippen molar-refractivity contribution >= 4 is 23.4 Å². The van der Waals surface area contributed by atoms with E-state index in [1.807, 2.05) is 82.9 Å². The van der Waals surface area contributed by atoms with E-state index in [1.165, 1.54) is 17.7 Å². The maximum Gasteiger partial charge on any atom is 0.257 e. The number of amides is 3. The molecule has 49 heavy (non-hydrogen) atoms. The summed E-state index contributed by atoms with van der Waals surface area (Å²) >= 11 is 0. The summed E-state index contributed by atoms with van der Waals surface area (Å²) in [6, 6.07) is 30.4. The Morgan fingerprint density at radius 1 is 0.816 bits per heavy atom. The van der Waals surface area contributed by atoms with Gasteiger partial charge in [0.25, 0.3) is 11.8 Å². The van der Waals surface area contributed by atoms with Crippen LogP contribution in [0.1, 0.15) is 61.2 Å². The smallest absolute Gasteiger partial charge is 0.257 e. The molecule has 8 nitrogen and oxygen atoms in total. The third-order valence-corrected chi connectivity index (χ3v) is 10.1. The molecule has 0 saturated carbocycles. The minimum Gasteiger partial charge on any atom is -0.508 e. The van der Waals surface area contributed by atoms with E-state index < -0.39 is 0 Å². The predicted molar refractivity (Wildman–Crippen MR) is 190 cm³/mol. The van der Waals surface area contributed by atoms with Gasteiger partial charge in [0.1, 0.15) is 5.75 Å². The SMILES string of the molecule is Cc1c(C(=O)Nc2ccc(O)cc2)cc(-c2cc3c(cc2C(=O)N2Cc4ccccc4C[C@H]2C)CN(C(=O)Cc2ccccc2)CC3)n1C. The first-order valence-electron chi connectivity index (χ1n) is 16.8. The zero-order valence-electron chi connectivity index (χ0n) is 28.1. The lowest BCUT2D eigenvalue weighted by Crippen LogP contribution is -2.43. The maximum absolute atomic E-state index is 14.7. The van der Waals surface area contributed by atoms with Gasteiger partial charge in [0.2, 0.25) is 5.91 Å². The first kappa shape index (κ1) is 31.9. The second-order valence-electron chi connectivity index (χ2n) is 13.2. The number of anilines is 1. The summed E-state index contributed by atoms with van der Waals surface area (Å²) in [5.41, 5.74) is 9.40. The van der Waals surface area contributed by atoms with Crippen LogP contribution in [-0.2, 0) is 44.2 Å². The van der Waals surface area contributed by atoms with Crippen LogP contribution < -0.4 is 5.32 Å². The molecule has 0 saturated heterocycles. The summed E-state index contributed by atoms with van der Waals surface area (Å²) in [6.07, 6.45) is 1.78. The van der Waals surface area contributed by atoms with Crippen LogP contribution in [0.25, 0.3) is 11.3 Å². The molecule has 248 valence electrons. The fraction of sp³-hybridized carbons (Fsp3) is 0.244. The van der Waals surface area contributed by atoms with Crippen LogP contribution in [-0.4, -0.2) is 49.8 Å². The van der Waals surface area contributed by atoms with Crippen LogP contribution in [0.15, 0.2) is 97.1 Å². The van der Waals surface area contributed by atoms with Crippen molar-refractivity contribution in [1.29, 1.82) is 0 Å². The molecule has 5 aromatic rings. The summed E-state index contributed by atoms with van der Waals surface area (Å²) in [6.45, 7) is 5.54. The van der Waals surface area contributed by atoms with Crippen molar-refractivity contribution < 1.29 is 19.5 Å². The van der Waals surface area contributed by atoms with Gasteiger partial charge < -0.3 is 24.8 Å². The number of aromatic nitrogens is 1. The molecule has 0 spiro atoms. The largest absolute Gasteiger partial charge is 0.508 e. The van der Waals surface area contributed by atoms with Crippen LogP contribution in [0.5, 0.6) is 5.75 Å². The van der Waals surface area contributed by atoms with E-state index >= 15 is 0 Å². The molecule has 3 heterocycles. The molecule has 1 atom stereocenters. The van der Waals surface area contributed by atoms with Gasteiger partial charge in [-0.25, -0.2) is 0 Å². The number of fused-ring (bicyclic) bond motifs is 2. The van der Waals surface area contributed by atoms with Crippen molar-refractivity contribution in [3.63, 3.8) is 0 Å². The highest BCUT2D eigenvalue weighted by atomic mass is 16.3. The molecule has 8 heteroatoms. The molecule has 3 amide bonds. The fourth-order valence-electron chi connectivity index (χ4n) is 7.13. The summed E-state index contributed by atoms with van der Waals surface area (Å²) in [5, 5.41) is 12.6. The highest BCUT2D eigenvalue weighted by Crippen LogP contribution is 2.35. The first-order chi connectivity index (χ1) is 23.7. The molecule has 2 aliphatic heterocycles. The van der Waals surface area contributed by atoms with Gasteiger partial charge in [-0.15, -0.1) is 0 Å². The Balaban J connectivity index is 1.26. The van der Waals surface area contributed by atoms with Crippen molar-refractivity contribution in [3.05, 3.63) is 142 Å². The number of rotatable bonds is 6. The molecule has 4 aromatic carbocycles. The van der Waals surface area contributed by atoms with Gasteiger partial charge >= 0.3 is 0 Å². The lowest BCUT2D eigenvalue weighted by Gasteiger charge is -2.36. The van der Waals surface area contributed by atoms with Crippen LogP contribution in [0.4, 0.5) is 5.69 Å². The Morgan fingerprint density at radius 3 is 2.29 bits per heavy atom. The molecule has 7 rings (SSSR count). The van der Waals surface area contributed by atoms with Gasteiger partial charge in [0.15, 0.2) is 0 Å². The molecule has 0 bridgehead atoms. The van der Waals surface area contributed by atoms with Gasteiger partial charge in [-0.2, -0.15) is 0 Å². The number of hydrogen-bond acceptors (Lipinski definition) is 4. The third kappa shape index (κ3) is 6.34. The van der Waals surface area contributed by atoms with E-state index in [1.54, 1.807) is 12.1 Å². The number of nitrogens with zero attached hydrogens (tertiary/aromatic N) is 3. The number of nitrogens with one attached hydrogen (secondary N) is 1. The second kappa shape index (κ2) is 13.1. The van der Waals surface area contributed by atoms with Gasteiger partial charge in [0.05, 0.1) is 12.0 Å². The van der Waals surface area contributed by atoms with Crippen LogP contribution in [0.3, 0.4) is 0 Å². The summed E-state index contributed by atoms with van der Waals surface area (Å²) in [7, 11) is 1.92. The molecule has 2 aliphatic rings. The fourth-order valence-corrected chi connectivity index (χ4v) is 7.13. The van der Waals surface area contributed by atoms with Gasteiger partial charge in [-0.3, -0.25) is 14.4 Å². The monoisotopic (exact) mass is 652 g/mol. The zero-order valence-corrected chi connectivity index (χ0v) is 28.1. The van der Waals surface area contributed by atoms with E-state index in [4.69, 9.17) is 0 Å². The van der Waals surface area contributed by atoms with Gasteiger partial charge in [-0.05, 0) is 97.0 Å². The highest BCUT2D eigenvalue weighted by Gasteiger charge is 2.32. The maximum atomic E-state index is 14.7. The van der Waals surface area contributed by atoms with Crippen molar-refractivity contribution in [2.45, 2.75) is 52.2 Å². The Kier molecular flexibility index (Phi) is 8.55. The normalized spacial score (nSPS) is 15.4. The predicted octanol–water partition coefficient (Wildman–Crippen LogP) is 6.67. The zero-order chi connectivity index (χ0) is 34.2. The molecule has 2 N–H and O–H groups in total. The van der Waals surface area contributed by atoms with E-state index in [2.05, 4.69) is 30.4 Å². The molecular weight excluding hydrogens is 612 g/mol. The average molecular weight is 653 g/mol. The van der Waals surface area contributed by atoms with Crippen molar-refractivity contribution in [2.75, 3.05) is 11.9 Å². The second-order valence-corrected chi connectivity index (χ2v) is 13.2. The first-order valence-corrected chi connectivity index (χ1v) is 16.8. The number of carbonyl (C=O) groups excluding carboxylic acids is 3. The Bertz CT molecular complexity index is 2070. The molecule has 1 aromatic heterocycles. The van der Waals surface area contributed by atoms with Gasteiger partial charge in [-0.1, -0.05) is 54.6 Å². The Hall–Kier alpha value is -5.63. The number of aromatic hydroxyl groups is 1. The molecular formula is C41H40N4O4. The summed E-state index contributed by atoms with van der Waals surface area (Å²) < 4.78 is 1.97. The topological polar surface area (TPSA) is 94.9 Å². The van der Waals surface area contributed by atoms with E-state index in [9.17, 15) is 19.5 Å². The standard InChI is InChI=1S/C41H40N4O4/c1-26-19-29-11-7-8-12-31(29)25-45(26)41(49)37-22-32-24-44(39(47)20-28-9-5-4-6-10-28)18-17-30(32)21-36(37)38-23-35(27(2)43(38)3)40(48)42-33-13-15-34(46)16-14-33/h4-16,21-23,26,46H,17-20,24-25H2,1-3H3,(H,42,48)/t26-/m1/s1. The number of carbonyl (C=O) groups is 3. The van der Waals surface area contributed by atoms with Crippen LogP contribution >= 0.6 is 0 Å². The number of phenolic OH excluding ortho intramolecular Hbond substituents is 1. The minimum atomic E-state index is -0.273. The van der Waals surface area contributed by atoms with E-state index in [0.717, 1.165) is 45.6 Å². The Morgan fingerprint density at radius 2 is 1.53 bits per heavy atom. The molecule has 0 fully saturated rings. The number of hydrogen-bond donors (Lipinski definition) is 2. The summed E-state index contributed by atoms with van der Waals surface area (Å²) in [4.78, 5) is 45.4. The highest BCUT2D eigenvalue weighted by molar-refractivity contribution is 6.07. The molecule has 0 aliphatic carbocycles. The molecule has 0 unspecified atom stereocenters. The lowest BCUT2D eigenvalue weighted by atomic mass is 9.89. The molecule has 0 radical (unpaired) electrons. The minimum absolute atomic E-state index is 0.00275. The summed E-state index contributed by atoms with van der Waals surface area (Å²) in [5.74, 6) is -0.153. The van der Waals surface area contributed by atoms with Crippen molar-refractivity contribution in [1.82, 2.24) is 14.4 Å². The lowest BCUT2D eigenvalue weighted by molar-refractivity contribution is -0.131. The van der Waals surface area contributed by atoms with E-state index in [-0.39, 0.29) is 29.5 Å². The third-order valence-electron chi connectivity index (χ3n) is 10.1. The van der Waals surface area contributed by atoms with Crippen molar-refractivity contribution in [3.8, 4) is 17.0 Å². The van der Waals surface area contributed by atoms with Gasteiger partial charge in [0, 0.05) is 60.9 Å². The number of phenols is 1. The number of benzene rings is 4. The average Bonchev–Trinajstić information content (AvgIpc) is 3.41. The van der Waals surface area contributed by atoms with Crippen LogP contribution in [0.2, 0.25) is 0 Å². The van der Waals surface area contributed by atoms with E-state index in [0.29, 0.717) is 49.3 Å². The quantitative estimate of drug-likeness (QED) is 0.200. The van der Waals surface area contributed by atoms with Crippen LogP contribution in [0, 0.1) is 6.92 Å². The Labute approximate surface area is 286 Å².